The van der Waals surface area contributed by atoms with Crippen LogP contribution in [0.1, 0.15) is 45.1 Å². The van der Waals surface area contributed by atoms with E-state index in [-0.39, 0.29) is 17.8 Å². The van der Waals surface area contributed by atoms with Crippen LogP contribution in [0.2, 0.25) is 0 Å². The van der Waals surface area contributed by atoms with Crippen molar-refractivity contribution in [1.82, 2.24) is 9.88 Å². The minimum absolute atomic E-state index is 0.0776. The highest BCUT2D eigenvalue weighted by molar-refractivity contribution is 5.68. The summed E-state index contributed by atoms with van der Waals surface area (Å²) in [5.41, 5.74) is 0.500. The van der Waals surface area contributed by atoms with Gasteiger partial charge in [0.2, 0.25) is 5.88 Å². The largest absolute Gasteiger partial charge is 0.504 e. The number of aromatic nitrogens is 1. The van der Waals surface area contributed by atoms with E-state index in [1.54, 1.807) is 35.4 Å². The molecule has 1 aromatic heterocycles. The Kier molecular flexibility index (Phi) is 5.54. The van der Waals surface area contributed by atoms with E-state index < -0.39 is 5.60 Å². The molecule has 0 atom stereocenters. The number of carbonyl (C=O) groups is 1. The molecule has 1 aliphatic rings. The number of likely N-dealkylation sites (tertiary alicyclic amines) is 1. The monoisotopic (exact) mass is 370 g/mol. The number of nitrogens with zero attached hydrogens (tertiary/aromatic N) is 2. The zero-order chi connectivity index (χ0) is 19.4. The van der Waals surface area contributed by atoms with E-state index in [4.69, 9.17) is 9.47 Å². The van der Waals surface area contributed by atoms with Gasteiger partial charge in [0, 0.05) is 24.8 Å². The maximum absolute atomic E-state index is 12.2. The van der Waals surface area contributed by atoms with Gasteiger partial charge < -0.3 is 19.5 Å². The molecule has 0 aliphatic carbocycles. The molecule has 2 heterocycles. The van der Waals surface area contributed by atoms with Crippen molar-refractivity contribution >= 4 is 6.09 Å². The predicted octanol–water partition coefficient (Wildman–Crippen LogP) is 4.69. The number of ether oxygens (including phenoxy) is 2. The summed E-state index contributed by atoms with van der Waals surface area (Å²) >= 11 is 0. The first kappa shape index (κ1) is 19.0. The fraction of sp³-hybridized carbons (Fsp3) is 0.429. The fourth-order valence-electron chi connectivity index (χ4n) is 3.15. The lowest BCUT2D eigenvalue weighted by molar-refractivity contribution is 0.0204. The van der Waals surface area contributed by atoms with Gasteiger partial charge in [-0.3, -0.25) is 0 Å². The van der Waals surface area contributed by atoms with Crippen LogP contribution in [0.3, 0.4) is 0 Å². The lowest BCUT2D eigenvalue weighted by Crippen LogP contribution is -2.41. The number of pyridine rings is 1. The maximum Gasteiger partial charge on any atom is 0.410 e. The van der Waals surface area contributed by atoms with Gasteiger partial charge in [0.25, 0.3) is 0 Å². The molecule has 0 unspecified atom stereocenters. The van der Waals surface area contributed by atoms with Crippen molar-refractivity contribution in [3.05, 3.63) is 48.2 Å². The number of carbonyl (C=O) groups excluding carboxylic acids is 1. The Bertz CT molecular complexity index is 793. The van der Waals surface area contributed by atoms with Crippen LogP contribution in [0, 0.1) is 0 Å². The Morgan fingerprint density at radius 1 is 1.15 bits per heavy atom. The molecule has 1 fully saturated rings. The number of hydrogen-bond donors (Lipinski definition) is 1. The van der Waals surface area contributed by atoms with Gasteiger partial charge in [0.1, 0.15) is 5.60 Å². The molecule has 6 heteroatoms. The quantitative estimate of drug-likeness (QED) is 0.848. The molecule has 0 spiro atoms. The van der Waals surface area contributed by atoms with Crippen molar-refractivity contribution in [3.8, 4) is 17.4 Å². The zero-order valence-electron chi connectivity index (χ0n) is 16.0. The van der Waals surface area contributed by atoms with Crippen molar-refractivity contribution in [2.24, 2.45) is 0 Å². The molecule has 1 aliphatic heterocycles. The summed E-state index contributed by atoms with van der Waals surface area (Å²) in [6.45, 7) is 6.87. The lowest BCUT2D eigenvalue weighted by Gasteiger charge is -2.33. The predicted molar refractivity (Wildman–Crippen MR) is 102 cm³/mol. The van der Waals surface area contributed by atoms with Crippen molar-refractivity contribution in [1.29, 1.82) is 0 Å². The highest BCUT2D eigenvalue weighted by Gasteiger charge is 2.29. The van der Waals surface area contributed by atoms with Gasteiger partial charge >= 0.3 is 6.09 Å². The zero-order valence-corrected chi connectivity index (χ0v) is 16.0. The van der Waals surface area contributed by atoms with Gasteiger partial charge in [-0.25, -0.2) is 9.78 Å². The van der Waals surface area contributed by atoms with E-state index in [2.05, 4.69) is 4.98 Å². The Labute approximate surface area is 159 Å². The number of phenols is 1. The molecule has 1 saturated heterocycles. The third-order valence-electron chi connectivity index (χ3n) is 4.46. The molecule has 1 N–H and O–H groups in total. The van der Waals surface area contributed by atoms with Gasteiger partial charge in [-0.15, -0.1) is 0 Å². The number of para-hydroxylation sites is 2. The van der Waals surface area contributed by atoms with Crippen LogP contribution >= 0.6 is 0 Å². The lowest BCUT2D eigenvalue weighted by atomic mass is 9.90. The molecule has 1 aromatic carbocycles. The van der Waals surface area contributed by atoms with Crippen LogP contribution in [-0.2, 0) is 4.74 Å². The topological polar surface area (TPSA) is 71.9 Å². The van der Waals surface area contributed by atoms with E-state index in [0.717, 1.165) is 18.4 Å². The standard InChI is InChI=1S/C21H26N2O4/c1-21(2,3)27-20(25)23-13-10-15(11-14-23)16-7-6-12-22-19(16)26-18-9-5-4-8-17(18)24/h4-9,12,15,24H,10-11,13-14H2,1-3H3. The Balaban J connectivity index is 1.68. The van der Waals surface area contributed by atoms with Crippen molar-refractivity contribution in [2.45, 2.75) is 45.1 Å². The first-order valence-corrected chi connectivity index (χ1v) is 9.22. The first-order chi connectivity index (χ1) is 12.8. The van der Waals surface area contributed by atoms with Crippen LogP contribution in [0.4, 0.5) is 4.79 Å². The number of phenolic OH excluding ortho intramolecular Hbond substituents is 1. The summed E-state index contributed by atoms with van der Waals surface area (Å²) in [4.78, 5) is 18.3. The average Bonchev–Trinajstić information content (AvgIpc) is 2.63. The highest BCUT2D eigenvalue weighted by atomic mass is 16.6. The minimum Gasteiger partial charge on any atom is -0.504 e. The molecule has 6 nitrogen and oxygen atoms in total. The number of benzene rings is 1. The van der Waals surface area contributed by atoms with Crippen molar-refractivity contribution in [2.75, 3.05) is 13.1 Å². The molecule has 1 amide bonds. The highest BCUT2D eigenvalue weighted by Crippen LogP contribution is 2.37. The second kappa shape index (κ2) is 7.86. The van der Waals surface area contributed by atoms with E-state index >= 15 is 0 Å². The van der Waals surface area contributed by atoms with Crippen LogP contribution in [0.5, 0.6) is 17.4 Å². The van der Waals surface area contributed by atoms with Gasteiger partial charge in [0.15, 0.2) is 11.5 Å². The van der Waals surface area contributed by atoms with E-state index in [0.29, 0.717) is 24.7 Å². The molecule has 2 aromatic rings. The second-order valence-corrected chi connectivity index (χ2v) is 7.71. The molecular weight excluding hydrogens is 344 g/mol. The molecule has 0 bridgehead atoms. The number of amides is 1. The van der Waals surface area contributed by atoms with E-state index in [9.17, 15) is 9.90 Å². The summed E-state index contributed by atoms with van der Waals surface area (Å²) in [6.07, 6.45) is 3.02. The average molecular weight is 370 g/mol. The third-order valence-corrected chi connectivity index (χ3v) is 4.46. The molecule has 0 saturated carbocycles. The molecule has 3 rings (SSSR count). The van der Waals surface area contributed by atoms with Crippen molar-refractivity contribution < 1.29 is 19.4 Å². The van der Waals surface area contributed by atoms with Gasteiger partial charge in [0.05, 0.1) is 0 Å². The number of rotatable bonds is 3. The van der Waals surface area contributed by atoms with Crippen LogP contribution < -0.4 is 4.74 Å². The van der Waals surface area contributed by atoms with Gasteiger partial charge in [-0.1, -0.05) is 18.2 Å². The fourth-order valence-corrected chi connectivity index (χ4v) is 3.15. The normalized spacial score (nSPS) is 15.4. The Hall–Kier alpha value is -2.76. The summed E-state index contributed by atoms with van der Waals surface area (Å²) < 4.78 is 11.3. The third kappa shape index (κ3) is 4.90. The van der Waals surface area contributed by atoms with Crippen LogP contribution in [0.25, 0.3) is 0 Å². The van der Waals surface area contributed by atoms with Gasteiger partial charge in [-0.05, 0) is 57.7 Å². The second-order valence-electron chi connectivity index (χ2n) is 7.71. The summed E-state index contributed by atoms with van der Waals surface area (Å²) in [7, 11) is 0. The number of hydrogen-bond acceptors (Lipinski definition) is 5. The number of piperidine rings is 1. The van der Waals surface area contributed by atoms with Gasteiger partial charge in [-0.2, -0.15) is 0 Å². The summed E-state index contributed by atoms with van der Waals surface area (Å²) in [6, 6.07) is 10.7. The first-order valence-electron chi connectivity index (χ1n) is 9.22. The van der Waals surface area contributed by atoms with Crippen LogP contribution in [0.15, 0.2) is 42.6 Å². The van der Waals surface area contributed by atoms with Crippen molar-refractivity contribution in [3.63, 3.8) is 0 Å². The van der Waals surface area contributed by atoms with E-state index in [1.165, 1.54) is 0 Å². The molecular formula is C21H26N2O4. The molecule has 144 valence electrons. The Morgan fingerprint density at radius 2 is 1.85 bits per heavy atom. The minimum atomic E-state index is -0.490. The summed E-state index contributed by atoms with van der Waals surface area (Å²) in [5.74, 6) is 1.19. The SMILES string of the molecule is CC(C)(C)OC(=O)N1CCC(c2cccnc2Oc2ccccc2O)CC1. The Morgan fingerprint density at radius 3 is 2.52 bits per heavy atom. The number of aromatic hydroxyl groups is 1. The summed E-state index contributed by atoms with van der Waals surface area (Å²) in [5, 5.41) is 9.95. The molecule has 0 radical (unpaired) electrons. The smallest absolute Gasteiger partial charge is 0.410 e. The van der Waals surface area contributed by atoms with Crippen LogP contribution in [-0.4, -0.2) is 39.8 Å². The molecule has 27 heavy (non-hydrogen) atoms. The van der Waals surface area contributed by atoms with E-state index in [1.807, 2.05) is 32.9 Å². The maximum atomic E-state index is 12.2.